The number of non-ortho nitro benzene ring substituents is 1. The van der Waals surface area contributed by atoms with Crippen LogP contribution in [-0.2, 0) is 19.6 Å². The third-order valence-corrected chi connectivity index (χ3v) is 7.57. The van der Waals surface area contributed by atoms with Gasteiger partial charge in [0.2, 0.25) is 15.9 Å². The molecule has 1 heterocycles. The molecule has 3 amide bonds. The highest BCUT2D eigenvalue weighted by atomic mass is 32.2. The zero-order valence-corrected chi connectivity index (χ0v) is 20.2. The molecule has 2 fully saturated rings. The maximum Gasteiger partial charge on any atom is 0.270 e. The topological polar surface area (TPSA) is 161 Å². The Kier molecular flexibility index (Phi) is 7.18. The van der Waals surface area contributed by atoms with Gasteiger partial charge in [0.25, 0.3) is 17.5 Å². The average Bonchev–Trinajstić information content (AvgIpc) is 3.00. The molecule has 12 heteroatoms. The number of sulfonamides is 1. The zero-order chi connectivity index (χ0) is 26.0. The van der Waals surface area contributed by atoms with Crippen LogP contribution in [0, 0.1) is 10.1 Å². The van der Waals surface area contributed by atoms with Crippen LogP contribution in [0.5, 0.6) is 0 Å². The van der Waals surface area contributed by atoms with E-state index >= 15 is 0 Å². The Morgan fingerprint density at radius 3 is 2.25 bits per heavy atom. The van der Waals surface area contributed by atoms with E-state index in [9.17, 15) is 32.9 Å². The summed E-state index contributed by atoms with van der Waals surface area (Å²) in [6.07, 6.45) is 4.77. The van der Waals surface area contributed by atoms with Gasteiger partial charge in [-0.3, -0.25) is 24.5 Å². The number of benzene rings is 2. The first-order chi connectivity index (χ1) is 17.1. The van der Waals surface area contributed by atoms with Crippen molar-refractivity contribution in [3.8, 4) is 0 Å². The van der Waals surface area contributed by atoms with E-state index in [2.05, 4.69) is 0 Å². The molecule has 4 rings (SSSR count). The molecule has 36 heavy (non-hydrogen) atoms. The third kappa shape index (κ3) is 5.14. The van der Waals surface area contributed by atoms with Gasteiger partial charge in [0.1, 0.15) is 6.04 Å². The second-order valence-electron chi connectivity index (χ2n) is 8.99. The molecule has 0 spiro atoms. The lowest BCUT2D eigenvalue weighted by molar-refractivity contribution is -0.384. The summed E-state index contributed by atoms with van der Waals surface area (Å²) in [5.41, 5.74) is 0.000212. The fourth-order valence-electron chi connectivity index (χ4n) is 4.89. The van der Waals surface area contributed by atoms with Gasteiger partial charge in [0, 0.05) is 23.7 Å². The molecule has 2 N–H and O–H groups in total. The first kappa shape index (κ1) is 25.5. The van der Waals surface area contributed by atoms with Crippen LogP contribution in [0.1, 0.15) is 55.3 Å². The molecule has 0 aromatic heterocycles. The van der Waals surface area contributed by atoms with Crippen molar-refractivity contribution in [1.29, 1.82) is 0 Å². The van der Waals surface area contributed by atoms with E-state index in [1.165, 1.54) is 53.4 Å². The normalized spacial score (nSPS) is 19.2. The number of nitrogens with two attached hydrogens (primary N) is 1. The summed E-state index contributed by atoms with van der Waals surface area (Å²) in [6.45, 7) is 0. The number of hydrogen-bond donors (Lipinski definition) is 1. The molecule has 190 valence electrons. The fourth-order valence-corrected chi connectivity index (χ4v) is 5.40. The van der Waals surface area contributed by atoms with Gasteiger partial charge >= 0.3 is 0 Å². The molecule has 2 aromatic rings. The minimum atomic E-state index is -3.95. The quantitative estimate of drug-likeness (QED) is 0.268. The highest BCUT2D eigenvalue weighted by Crippen LogP contribution is 2.32. The Bertz CT molecular complexity index is 1300. The van der Waals surface area contributed by atoms with Crippen molar-refractivity contribution in [2.24, 2.45) is 5.14 Å². The van der Waals surface area contributed by atoms with Crippen LogP contribution >= 0.6 is 0 Å². The zero-order valence-electron chi connectivity index (χ0n) is 19.4. The SMILES string of the molecule is NS(=O)(=O)c1ccc(N2C(=O)CC(N(C(=O)c3cccc([N+](=O)[O-])c3)C3CCCCCC3)C2=O)cc1. The van der Waals surface area contributed by atoms with Gasteiger partial charge in [-0.15, -0.1) is 0 Å². The molecule has 0 bridgehead atoms. The van der Waals surface area contributed by atoms with E-state index in [1.807, 2.05) is 0 Å². The molecule has 1 aliphatic carbocycles. The number of nitro groups is 1. The maximum atomic E-state index is 13.7. The second-order valence-corrected chi connectivity index (χ2v) is 10.6. The van der Waals surface area contributed by atoms with Gasteiger partial charge in [0.15, 0.2) is 0 Å². The minimum absolute atomic E-state index is 0.0738. The van der Waals surface area contributed by atoms with E-state index in [1.54, 1.807) is 0 Å². The second kappa shape index (κ2) is 10.2. The molecular weight excluding hydrogens is 488 g/mol. The van der Waals surface area contributed by atoms with E-state index in [0.29, 0.717) is 12.8 Å². The van der Waals surface area contributed by atoms with E-state index in [0.717, 1.165) is 30.6 Å². The lowest BCUT2D eigenvalue weighted by Gasteiger charge is -2.35. The number of nitrogens with zero attached hydrogens (tertiary/aromatic N) is 3. The Morgan fingerprint density at radius 2 is 1.67 bits per heavy atom. The summed E-state index contributed by atoms with van der Waals surface area (Å²) in [7, 11) is -3.95. The van der Waals surface area contributed by atoms with Crippen LogP contribution in [0.4, 0.5) is 11.4 Å². The number of rotatable bonds is 6. The van der Waals surface area contributed by atoms with Gasteiger partial charge in [0.05, 0.1) is 21.9 Å². The molecule has 0 radical (unpaired) electrons. The molecule has 1 atom stereocenters. The molecule has 1 saturated carbocycles. The molecule has 1 unspecified atom stereocenters. The van der Waals surface area contributed by atoms with E-state index < -0.39 is 38.7 Å². The molecular formula is C24H26N4O7S. The summed E-state index contributed by atoms with van der Waals surface area (Å²) in [5, 5.41) is 16.4. The Morgan fingerprint density at radius 1 is 1.03 bits per heavy atom. The van der Waals surface area contributed by atoms with Crippen molar-refractivity contribution < 1.29 is 27.7 Å². The van der Waals surface area contributed by atoms with Crippen LogP contribution in [-0.4, -0.2) is 48.0 Å². The number of hydrogen-bond acceptors (Lipinski definition) is 7. The first-order valence-electron chi connectivity index (χ1n) is 11.6. The fraction of sp³-hybridized carbons (Fsp3) is 0.375. The summed E-state index contributed by atoms with van der Waals surface area (Å²) in [6, 6.07) is 9.00. The van der Waals surface area contributed by atoms with E-state index in [-0.39, 0.29) is 34.3 Å². The standard InChI is InChI=1S/C24H26N4O7S/c25-36(34,35)20-12-10-18(11-13-20)27-22(29)15-21(24(27)31)26(17-7-3-1-2-4-8-17)23(30)16-6-5-9-19(14-16)28(32)33/h5-6,9-14,17,21H,1-4,7-8,15H2,(H2,25,34,35). The molecule has 2 aromatic carbocycles. The van der Waals surface area contributed by atoms with Gasteiger partial charge in [-0.05, 0) is 43.2 Å². The van der Waals surface area contributed by atoms with Gasteiger partial charge in [-0.25, -0.2) is 18.5 Å². The molecule has 2 aliphatic rings. The van der Waals surface area contributed by atoms with Crippen molar-refractivity contribution in [2.45, 2.75) is 61.9 Å². The number of primary sulfonamides is 1. The minimum Gasteiger partial charge on any atom is -0.323 e. The predicted molar refractivity (Wildman–Crippen MR) is 129 cm³/mol. The van der Waals surface area contributed by atoms with Gasteiger partial charge in [-0.2, -0.15) is 0 Å². The Balaban J connectivity index is 1.69. The number of imide groups is 1. The van der Waals surface area contributed by atoms with Crippen molar-refractivity contribution in [2.75, 3.05) is 4.90 Å². The van der Waals surface area contributed by atoms with Crippen molar-refractivity contribution in [3.63, 3.8) is 0 Å². The van der Waals surface area contributed by atoms with E-state index in [4.69, 9.17) is 5.14 Å². The van der Waals surface area contributed by atoms with Crippen molar-refractivity contribution in [3.05, 3.63) is 64.2 Å². The van der Waals surface area contributed by atoms with Crippen LogP contribution in [0.3, 0.4) is 0 Å². The number of carbonyl (C=O) groups excluding carboxylic acids is 3. The largest absolute Gasteiger partial charge is 0.323 e. The Hall–Kier alpha value is -3.64. The lowest BCUT2D eigenvalue weighted by Crippen LogP contribution is -2.50. The molecule has 11 nitrogen and oxygen atoms in total. The summed E-state index contributed by atoms with van der Waals surface area (Å²) in [4.78, 5) is 53.1. The molecule has 1 saturated heterocycles. The maximum absolute atomic E-state index is 13.7. The smallest absolute Gasteiger partial charge is 0.270 e. The van der Waals surface area contributed by atoms with Crippen LogP contribution < -0.4 is 10.0 Å². The van der Waals surface area contributed by atoms with Crippen LogP contribution in [0.15, 0.2) is 53.4 Å². The number of carbonyl (C=O) groups is 3. The van der Waals surface area contributed by atoms with Crippen LogP contribution in [0.2, 0.25) is 0 Å². The highest BCUT2D eigenvalue weighted by molar-refractivity contribution is 7.89. The van der Waals surface area contributed by atoms with Gasteiger partial charge < -0.3 is 4.90 Å². The highest BCUT2D eigenvalue weighted by Gasteiger charge is 2.46. The van der Waals surface area contributed by atoms with Crippen molar-refractivity contribution >= 4 is 39.1 Å². The number of nitro benzene ring substituents is 1. The van der Waals surface area contributed by atoms with Gasteiger partial charge in [-0.1, -0.05) is 31.7 Å². The first-order valence-corrected chi connectivity index (χ1v) is 13.2. The monoisotopic (exact) mass is 514 g/mol. The average molecular weight is 515 g/mol. The van der Waals surface area contributed by atoms with Crippen molar-refractivity contribution in [1.82, 2.24) is 4.90 Å². The third-order valence-electron chi connectivity index (χ3n) is 6.64. The summed E-state index contributed by atoms with van der Waals surface area (Å²) in [5.74, 6) is -1.67. The lowest BCUT2D eigenvalue weighted by atomic mass is 10.0. The summed E-state index contributed by atoms with van der Waals surface area (Å²) >= 11 is 0. The number of amides is 3. The summed E-state index contributed by atoms with van der Waals surface area (Å²) < 4.78 is 23.1. The Labute approximate surface area is 208 Å². The molecule has 1 aliphatic heterocycles. The predicted octanol–water partition coefficient (Wildman–Crippen LogP) is 2.74. The van der Waals surface area contributed by atoms with Crippen LogP contribution in [0.25, 0.3) is 0 Å². The number of anilines is 1.